The van der Waals surface area contributed by atoms with Crippen molar-refractivity contribution in [3.05, 3.63) is 131 Å². The number of aryl methyl sites for hydroxylation is 1. The molecule has 1 N–H and O–H groups in total. The molecule has 0 aliphatic carbocycles. The number of carbonyl (C=O) groups is 1. The largest absolute Gasteiger partial charge is 0.323 e. The van der Waals surface area contributed by atoms with Crippen LogP contribution in [0.1, 0.15) is 35.5 Å². The average molecular weight is 528 g/mol. The van der Waals surface area contributed by atoms with Gasteiger partial charge >= 0.3 is 6.03 Å². The number of benzene rings is 3. The van der Waals surface area contributed by atoms with Gasteiger partial charge < -0.3 is 14.8 Å². The molecule has 1 atom stereocenters. The van der Waals surface area contributed by atoms with E-state index >= 15 is 0 Å². The Balaban J connectivity index is 1.55. The van der Waals surface area contributed by atoms with Crippen LogP contribution in [0, 0.1) is 17.5 Å². The first kappa shape index (κ1) is 24.5. The summed E-state index contributed by atoms with van der Waals surface area (Å²) in [4.78, 5) is 15.4. The fraction of sp³-hybridized carbons (Fsp3) is 0.133. The highest BCUT2D eigenvalue weighted by Crippen LogP contribution is 2.39. The molecule has 196 valence electrons. The summed E-state index contributed by atoms with van der Waals surface area (Å²) in [5.74, 6) is -1.32. The second kappa shape index (κ2) is 9.83. The third-order valence-electron chi connectivity index (χ3n) is 6.90. The van der Waals surface area contributed by atoms with Gasteiger partial charge in [-0.2, -0.15) is 5.10 Å². The molecular weight excluding hydrogens is 503 g/mol. The summed E-state index contributed by atoms with van der Waals surface area (Å²) < 4.78 is 46.3. The molecule has 2 aromatic heterocycles. The van der Waals surface area contributed by atoms with Crippen LogP contribution in [-0.2, 0) is 13.0 Å². The zero-order chi connectivity index (χ0) is 27.1. The molecule has 6 nitrogen and oxygen atoms in total. The second-order valence-electron chi connectivity index (χ2n) is 9.29. The van der Waals surface area contributed by atoms with E-state index in [-0.39, 0.29) is 12.2 Å². The van der Waals surface area contributed by atoms with E-state index in [0.717, 1.165) is 28.8 Å². The number of carbonyl (C=O) groups excluding carboxylic acids is 1. The van der Waals surface area contributed by atoms with Gasteiger partial charge in [0.2, 0.25) is 0 Å². The highest BCUT2D eigenvalue weighted by Gasteiger charge is 2.36. The van der Waals surface area contributed by atoms with Crippen molar-refractivity contribution in [2.75, 3.05) is 5.32 Å². The summed E-state index contributed by atoms with van der Waals surface area (Å²) in [5, 5.41) is 7.48. The molecular formula is C30H24F3N5O. The van der Waals surface area contributed by atoms with Crippen molar-refractivity contribution < 1.29 is 18.0 Å². The number of fused-ring (bicyclic) bond motifs is 3. The molecule has 39 heavy (non-hydrogen) atoms. The SMILES string of the molecule is CCc1nn(-c2ccccc2)c2c1CN(C(=O)Nc1ccc(F)cc1F)[C@H](c1cccc(F)c1)c1cccn1-2. The van der Waals surface area contributed by atoms with Gasteiger partial charge in [-0.05, 0) is 60.5 Å². The number of nitrogens with one attached hydrogen (secondary N) is 1. The number of para-hydroxylation sites is 1. The number of aromatic nitrogens is 3. The van der Waals surface area contributed by atoms with Gasteiger partial charge in [0.1, 0.15) is 23.3 Å². The first-order valence-electron chi connectivity index (χ1n) is 12.6. The fourth-order valence-corrected chi connectivity index (χ4v) is 5.15. The summed E-state index contributed by atoms with van der Waals surface area (Å²) in [6.45, 7) is 2.10. The normalized spacial score (nSPS) is 14.5. The minimum absolute atomic E-state index is 0.114. The smallest absolute Gasteiger partial charge is 0.307 e. The number of hydrogen-bond donors (Lipinski definition) is 1. The quantitative estimate of drug-likeness (QED) is 0.280. The van der Waals surface area contributed by atoms with Crippen molar-refractivity contribution >= 4 is 11.7 Å². The Labute approximate surface area is 222 Å². The van der Waals surface area contributed by atoms with Crippen molar-refractivity contribution in [3.63, 3.8) is 0 Å². The maximum atomic E-state index is 14.5. The Bertz CT molecular complexity index is 1680. The van der Waals surface area contributed by atoms with Crippen molar-refractivity contribution in [2.24, 2.45) is 0 Å². The van der Waals surface area contributed by atoms with Gasteiger partial charge in [0, 0.05) is 17.8 Å². The van der Waals surface area contributed by atoms with E-state index in [4.69, 9.17) is 5.10 Å². The molecule has 0 saturated carbocycles. The summed E-state index contributed by atoms with van der Waals surface area (Å²) in [7, 11) is 0. The van der Waals surface area contributed by atoms with E-state index in [1.165, 1.54) is 23.1 Å². The number of halogens is 3. The van der Waals surface area contributed by atoms with Gasteiger partial charge in [-0.25, -0.2) is 22.6 Å². The van der Waals surface area contributed by atoms with Crippen LogP contribution in [-0.4, -0.2) is 25.3 Å². The lowest BCUT2D eigenvalue weighted by atomic mass is 10.0. The number of rotatable bonds is 4. The third kappa shape index (κ3) is 4.35. The van der Waals surface area contributed by atoms with E-state index in [2.05, 4.69) is 5.32 Å². The number of amides is 2. The van der Waals surface area contributed by atoms with E-state index < -0.39 is 29.5 Å². The van der Waals surface area contributed by atoms with Crippen LogP contribution in [0.5, 0.6) is 0 Å². The van der Waals surface area contributed by atoms with Gasteiger partial charge in [-0.3, -0.25) is 0 Å². The van der Waals surface area contributed by atoms with Crippen LogP contribution < -0.4 is 5.32 Å². The Kier molecular flexibility index (Phi) is 6.18. The van der Waals surface area contributed by atoms with E-state index in [9.17, 15) is 18.0 Å². The summed E-state index contributed by atoms with van der Waals surface area (Å²) in [6, 6.07) is 21.1. The monoisotopic (exact) mass is 527 g/mol. The first-order chi connectivity index (χ1) is 18.9. The molecule has 6 rings (SSSR count). The van der Waals surface area contributed by atoms with Crippen LogP contribution >= 0.6 is 0 Å². The van der Waals surface area contributed by atoms with Gasteiger partial charge in [-0.15, -0.1) is 0 Å². The van der Waals surface area contributed by atoms with Gasteiger partial charge in [0.05, 0.1) is 35.3 Å². The molecule has 0 bridgehead atoms. The Morgan fingerprint density at radius 1 is 0.949 bits per heavy atom. The van der Waals surface area contributed by atoms with Crippen molar-refractivity contribution in [3.8, 4) is 11.5 Å². The van der Waals surface area contributed by atoms with Gasteiger partial charge in [0.25, 0.3) is 0 Å². The Morgan fingerprint density at radius 3 is 2.49 bits per heavy atom. The molecule has 0 radical (unpaired) electrons. The zero-order valence-electron chi connectivity index (χ0n) is 21.0. The highest BCUT2D eigenvalue weighted by molar-refractivity contribution is 5.90. The zero-order valence-corrected chi connectivity index (χ0v) is 21.0. The molecule has 2 amide bonds. The Morgan fingerprint density at radius 2 is 1.74 bits per heavy atom. The average Bonchev–Trinajstić information content (AvgIpc) is 3.51. The number of anilines is 1. The van der Waals surface area contributed by atoms with Crippen LogP contribution in [0.3, 0.4) is 0 Å². The van der Waals surface area contributed by atoms with E-state index in [1.54, 1.807) is 12.1 Å². The van der Waals surface area contributed by atoms with Crippen molar-refractivity contribution in [1.82, 2.24) is 19.2 Å². The molecule has 3 heterocycles. The van der Waals surface area contributed by atoms with E-state index in [0.29, 0.717) is 23.7 Å². The van der Waals surface area contributed by atoms with Gasteiger partial charge in [-0.1, -0.05) is 37.3 Å². The lowest BCUT2D eigenvalue weighted by molar-refractivity contribution is 0.194. The topological polar surface area (TPSA) is 55.1 Å². The molecule has 0 fully saturated rings. The molecule has 0 spiro atoms. The Hall–Kier alpha value is -4.79. The predicted octanol–water partition coefficient (Wildman–Crippen LogP) is 6.78. The predicted molar refractivity (Wildman–Crippen MR) is 141 cm³/mol. The lowest BCUT2D eigenvalue weighted by Crippen LogP contribution is -2.38. The maximum absolute atomic E-state index is 14.5. The molecule has 1 aliphatic heterocycles. The maximum Gasteiger partial charge on any atom is 0.323 e. The molecule has 1 aliphatic rings. The van der Waals surface area contributed by atoms with Crippen molar-refractivity contribution in [2.45, 2.75) is 25.9 Å². The summed E-state index contributed by atoms with van der Waals surface area (Å²) in [5.41, 5.74) is 3.55. The number of hydrogen-bond acceptors (Lipinski definition) is 2. The molecule has 9 heteroatoms. The number of urea groups is 1. The molecule has 3 aromatic carbocycles. The fourth-order valence-electron chi connectivity index (χ4n) is 5.15. The van der Waals surface area contributed by atoms with Crippen LogP contribution in [0.15, 0.2) is 91.1 Å². The molecule has 0 unspecified atom stereocenters. The molecule has 5 aromatic rings. The minimum Gasteiger partial charge on any atom is -0.307 e. The van der Waals surface area contributed by atoms with Gasteiger partial charge in [0.15, 0.2) is 0 Å². The van der Waals surface area contributed by atoms with Crippen LogP contribution in [0.25, 0.3) is 11.5 Å². The molecule has 0 saturated heterocycles. The first-order valence-corrected chi connectivity index (χ1v) is 12.6. The summed E-state index contributed by atoms with van der Waals surface area (Å²) in [6.07, 6.45) is 2.49. The third-order valence-corrected chi connectivity index (χ3v) is 6.90. The van der Waals surface area contributed by atoms with E-state index in [1.807, 2.05) is 64.8 Å². The minimum atomic E-state index is -0.893. The van der Waals surface area contributed by atoms with Crippen LogP contribution in [0.2, 0.25) is 0 Å². The highest BCUT2D eigenvalue weighted by atomic mass is 19.1. The van der Waals surface area contributed by atoms with Crippen molar-refractivity contribution in [1.29, 1.82) is 0 Å². The second-order valence-corrected chi connectivity index (χ2v) is 9.29. The summed E-state index contributed by atoms with van der Waals surface area (Å²) >= 11 is 0. The number of nitrogens with zero attached hydrogens (tertiary/aromatic N) is 4. The van der Waals surface area contributed by atoms with Crippen LogP contribution in [0.4, 0.5) is 23.7 Å². The standard InChI is InChI=1S/C30H24F3N5O/c1-2-25-23-18-37(30(39)34-26-14-13-21(32)17-24(26)33)28(19-8-6-9-20(31)16-19)27-12-7-15-36(27)29(23)38(35-25)22-10-4-3-5-11-22/h3-17,28H,2,18H2,1H3,(H,34,39)/t28-/m1/s1. The lowest BCUT2D eigenvalue weighted by Gasteiger charge is -2.31.